The van der Waals surface area contributed by atoms with Gasteiger partial charge in [0.25, 0.3) is 5.91 Å². The van der Waals surface area contributed by atoms with Crippen molar-refractivity contribution in [3.8, 4) is 11.5 Å². The minimum Gasteiger partial charge on any atom is -0.508 e. The van der Waals surface area contributed by atoms with Crippen LogP contribution in [-0.4, -0.2) is 24.2 Å². The highest BCUT2D eigenvalue weighted by molar-refractivity contribution is 5.94. The predicted molar refractivity (Wildman–Crippen MR) is 77.1 cm³/mol. The molecule has 0 spiro atoms. The van der Waals surface area contributed by atoms with E-state index in [0.717, 1.165) is 17.4 Å². The van der Waals surface area contributed by atoms with Crippen LogP contribution in [-0.2, 0) is 0 Å². The minimum absolute atomic E-state index is 0.108. The summed E-state index contributed by atoms with van der Waals surface area (Å²) in [6.07, 6.45) is 0. The molecular weight excluding hydrogens is 273 g/mol. The summed E-state index contributed by atoms with van der Waals surface area (Å²) in [5.74, 6) is -0.792. The molecule has 2 aromatic carbocycles. The number of aromatic hydroxyl groups is 1. The van der Waals surface area contributed by atoms with Gasteiger partial charge in [0.1, 0.15) is 23.9 Å². The maximum atomic E-state index is 13.5. The zero-order valence-corrected chi connectivity index (χ0v) is 11.6. The van der Waals surface area contributed by atoms with Gasteiger partial charge in [0, 0.05) is 6.07 Å². The maximum Gasteiger partial charge on any atom is 0.254 e. The number of hydrogen-bond acceptors (Lipinski definition) is 3. The molecule has 0 radical (unpaired) electrons. The SMILES string of the molecule is Cc1cccc(OCCNC(=O)c2ccc(O)cc2F)c1. The predicted octanol–water partition coefficient (Wildman–Crippen LogP) is 2.65. The molecule has 0 saturated heterocycles. The van der Waals surface area contributed by atoms with Crippen LogP contribution in [0.1, 0.15) is 15.9 Å². The molecule has 0 aromatic heterocycles. The number of carbonyl (C=O) groups excluding carboxylic acids is 1. The molecule has 0 saturated carbocycles. The van der Waals surface area contributed by atoms with E-state index in [0.29, 0.717) is 0 Å². The van der Waals surface area contributed by atoms with Gasteiger partial charge in [0.2, 0.25) is 0 Å². The fourth-order valence-electron chi connectivity index (χ4n) is 1.82. The van der Waals surface area contributed by atoms with Crippen molar-refractivity contribution in [1.82, 2.24) is 5.32 Å². The molecule has 0 bridgehead atoms. The summed E-state index contributed by atoms with van der Waals surface area (Å²) in [4.78, 5) is 11.8. The Morgan fingerprint density at radius 2 is 2.10 bits per heavy atom. The van der Waals surface area contributed by atoms with E-state index in [-0.39, 0.29) is 24.5 Å². The van der Waals surface area contributed by atoms with Crippen molar-refractivity contribution in [3.05, 3.63) is 59.4 Å². The summed E-state index contributed by atoms with van der Waals surface area (Å²) in [5.41, 5.74) is 0.978. The quantitative estimate of drug-likeness (QED) is 0.832. The first kappa shape index (κ1) is 14.8. The Labute approximate surface area is 122 Å². The Hall–Kier alpha value is -2.56. The largest absolute Gasteiger partial charge is 0.508 e. The number of aryl methyl sites for hydroxylation is 1. The highest BCUT2D eigenvalue weighted by Gasteiger charge is 2.11. The van der Waals surface area contributed by atoms with Gasteiger partial charge in [-0.3, -0.25) is 4.79 Å². The lowest BCUT2D eigenvalue weighted by Crippen LogP contribution is -2.28. The molecule has 0 aliphatic heterocycles. The van der Waals surface area contributed by atoms with Crippen molar-refractivity contribution < 1.29 is 19.0 Å². The van der Waals surface area contributed by atoms with Crippen molar-refractivity contribution >= 4 is 5.91 Å². The van der Waals surface area contributed by atoms with Crippen LogP contribution < -0.4 is 10.1 Å². The lowest BCUT2D eigenvalue weighted by molar-refractivity contribution is 0.0943. The number of rotatable bonds is 5. The van der Waals surface area contributed by atoms with Crippen LogP contribution in [0.25, 0.3) is 0 Å². The van der Waals surface area contributed by atoms with Crippen LogP contribution >= 0.6 is 0 Å². The topological polar surface area (TPSA) is 58.6 Å². The summed E-state index contributed by atoms with van der Waals surface area (Å²) in [7, 11) is 0. The highest BCUT2D eigenvalue weighted by atomic mass is 19.1. The molecule has 2 aromatic rings. The first-order valence-corrected chi connectivity index (χ1v) is 6.52. The van der Waals surface area contributed by atoms with E-state index in [1.807, 2.05) is 31.2 Å². The number of amides is 1. The second kappa shape index (κ2) is 6.74. The fraction of sp³-hybridized carbons (Fsp3) is 0.188. The molecule has 5 heteroatoms. The number of phenols is 1. The number of benzene rings is 2. The van der Waals surface area contributed by atoms with Gasteiger partial charge in [-0.25, -0.2) is 4.39 Å². The van der Waals surface area contributed by atoms with E-state index in [1.54, 1.807) is 0 Å². The van der Waals surface area contributed by atoms with Crippen LogP contribution in [0.4, 0.5) is 4.39 Å². The van der Waals surface area contributed by atoms with Crippen molar-refractivity contribution in [2.24, 2.45) is 0 Å². The van der Waals surface area contributed by atoms with Crippen molar-refractivity contribution in [2.45, 2.75) is 6.92 Å². The molecule has 110 valence electrons. The van der Waals surface area contributed by atoms with Crippen LogP contribution in [0, 0.1) is 12.7 Å². The Kier molecular flexibility index (Phi) is 4.77. The minimum atomic E-state index is -0.757. The molecule has 1 amide bonds. The lowest BCUT2D eigenvalue weighted by atomic mass is 10.2. The number of nitrogens with one attached hydrogen (secondary N) is 1. The summed E-state index contributed by atoms with van der Waals surface area (Å²) in [6, 6.07) is 11.0. The number of halogens is 1. The number of hydrogen-bond donors (Lipinski definition) is 2. The molecule has 21 heavy (non-hydrogen) atoms. The second-order valence-corrected chi connectivity index (χ2v) is 4.59. The maximum absolute atomic E-state index is 13.5. The highest BCUT2D eigenvalue weighted by Crippen LogP contribution is 2.15. The zero-order chi connectivity index (χ0) is 15.2. The van der Waals surface area contributed by atoms with E-state index in [9.17, 15) is 9.18 Å². The smallest absolute Gasteiger partial charge is 0.254 e. The molecule has 0 heterocycles. The van der Waals surface area contributed by atoms with E-state index in [2.05, 4.69) is 5.32 Å². The van der Waals surface area contributed by atoms with E-state index < -0.39 is 11.7 Å². The van der Waals surface area contributed by atoms with Gasteiger partial charge in [-0.15, -0.1) is 0 Å². The molecule has 0 aliphatic carbocycles. The molecule has 0 fully saturated rings. The molecule has 0 unspecified atom stereocenters. The number of phenolic OH excluding ortho intramolecular Hbond substituents is 1. The third kappa shape index (κ3) is 4.21. The lowest BCUT2D eigenvalue weighted by Gasteiger charge is -2.09. The van der Waals surface area contributed by atoms with Gasteiger partial charge in [-0.05, 0) is 36.8 Å². The van der Waals surface area contributed by atoms with Gasteiger partial charge < -0.3 is 15.2 Å². The standard InChI is InChI=1S/C16H16FNO3/c1-11-3-2-4-13(9-11)21-8-7-18-16(20)14-6-5-12(19)10-15(14)17/h2-6,9-10,19H,7-8H2,1H3,(H,18,20). The zero-order valence-electron chi connectivity index (χ0n) is 11.6. The molecule has 0 aliphatic rings. The monoisotopic (exact) mass is 289 g/mol. The van der Waals surface area contributed by atoms with Gasteiger partial charge >= 0.3 is 0 Å². The van der Waals surface area contributed by atoms with Gasteiger partial charge in [0.05, 0.1) is 12.1 Å². The van der Waals surface area contributed by atoms with Crippen LogP contribution in [0.3, 0.4) is 0 Å². The average Bonchev–Trinajstić information content (AvgIpc) is 2.43. The van der Waals surface area contributed by atoms with Crippen molar-refractivity contribution in [1.29, 1.82) is 0 Å². The summed E-state index contributed by atoms with van der Waals surface area (Å²) >= 11 is 0. The molecule has 0 atom stereocenters. The molecular formula is C16H16FNO3. The first-order valence-electron chi connectivity index (χ1n) is 6.52. The van der Waals surface area contributed by atoms with E-state index >= 15 is 0 Å². The van der Waals surface area contributed by atoms with Gasteiger partial charge in [-0.2, -0.15) is 0 Å². The van der Waals surface area contributed by atoms with Gasteiger partial charge in [-0.1, -0.05) is 12.1 Å². The van der Waals surface area contributed by atoms with Crippen LogP contribution in [0.15, 0.2) is 42.5 Å². The number of carbonyl (C=O) groups is 1. The molecule has 2 N–H and O–H groups in total. The van der Waals surface area contributed by atoms with Crippen LogP contribution in [0.5, 0.6) is 11.5 Å². The summed E-state index contributed by atoms with van der Waals surface area (Å²) in [5, 5.41) is 11.6. The van der Waals surface area contributed by atoms with Crippen molar-refractivity contribution in [2.75, 3.05) is 13.2 Å². The Morgan fingerprint density at radius 3 is 2.81 bits per heavy atom. The van der Waals surface area contributed by atoms with E-state index in [4.69, 9.17) is 9.84 Å². The van der Waals surface area contributed by atoms with Crippen molar-refractivity contribution in [3.63, 3.8) is 0 Å². The molecule has 2 rings (SSSR count). The van der Waals surface area contributed by atoms with Crippen LogP contribution in [0.2, 0.25) is 0 Å². The second-order valence-electron chi connectivity index (χ2n) is 4.59. The summed E-state index contributed by atoms with van der Waals surface area (Å²) in [6.45, 7) is 2.50. The molecule has 4 nitrogen and oxygen atoms in total. The normalized spacial score (nSPS) is 10.2. The van der Waals surface area contributed by atoms with Gasteiger partial charge in [0.15, 0.2) is 0 Å². The third-order valence-corrected chi connectivity index (χ3v) is 2.84. The van der Waals surface area contributed by atoms with E-state index in [1.165, 1.54) is 12.1 Å². The third-order valence-electron chi connectivity index (χ3n) is 2.84. The fourth-order valence-corrected chi connectivity index (χ4v) is 1.82. The average molecular weight is 289 g/mol. The Bertz CT molecular complexity index is 643. The Balaban J connectivity index is 1.82. The first-order chi connectivity index (χ1) is 10.1. The summed E-state index contributed by atoms with van der Waals surface area (Å²) < 4.78 is 18.9. The number of ether oxygens (including phenoxy) is 1. The Morgan fingerprint density at radius 1 is 1.29 bits per heavy atom.